The number of hydrogen-bond acceptors (Lipinski definition) is 1. The highest BCUT2D eigenvalue weighted by Crippen LogP contribution is 2.36. The molecule has 0 aromatic heterocycles. The highest BCUT2D eigenvalue weighted by atomic mass is 32.2. The molecule has 0 spiro atoms. The van der Waals surface area contributed by atoms with E-state index in [9.17, 15) is 4.21 Å². The standard InChI is InChI=1S/C22H30OS/c1-14(2)18-12-20(15(3)4)22(21(13-18)16(5)6)24(23)19-10-8-17(7)9-11-19/h8-16H,1-7H3/t24-/m1/s1. The second-order valence-electron chi connectivity index (χ2n) is 7.57. The Morgan fingerprint density at radius 1 is 0.750 bits per heavy atom. The molecule has 0 aliphatic heterocycles. The molecule has 1 nitrogen and oxygen atoms in total. The van der Waals surface area contributed by atoms with Crippen LogP contribution in [0.15, 0.2) is 46.2 Å². The van der Waals surface area contributed by atoms with Crippen molar-refractivity contribution in [1.82, 2.24) is 0 Å². The highest BCUT2D eigenvalue weighted by molar-refractivity contribution is 7.85. The normalized spacial score (nSPS) is 13.1. The summed E-state index contributed by atoms with van der Waals surface area (Å²) in [5.74, 6) is 1.18. The SMILES string of the molecule is Cc1ccc([S@@](=O)c2c(C(C)C)cc(C(C)C)cc2C(C)C)cc1. The van der Waals surface area contributed by atoms with Crippen LogP contribution in [-0.4, -0.2) is 4.21 Å². The molecule has 0 aliphatic carbocycles. The van der Waals surface area contributed by atoms with Crippen molar-refractivity contribution in [2.24, 2.45) is 0 Å². The van der Waals surface area contributed by atoms with Crippen LogP contribution in [0.1, 0.15) is 81.5 Å². The third-order valence-corrected chi connectivity index (χ3v) is 6.04. The van der Waals surface area contributed by atoms with Crippen molar-refractivity contribution in [3.05, 3.63) is 58.7 Å². The fraction of sp³-hybridized carbons (Fsp3) is 0.455. The monoisotopic (exact) mass is 342 g/mol. The van der Waals surface area contributed by atoms with Gasteiger partial charge in [0, 0.05) is 4.90 Å². The average Bonchev–Trinajstić information content (AvgIpc) is 2.53. The Hall–Kier alpha value is -1.41. The van der Waals surface area contributed by atoms with Crippen LogP contribution in [0, 0.1) is 6.92 Å². The van der Waals surface area contributed by atoms with E-state index in [4.69, 9.17) is 0 Å². The zero-order chi connectivity index (χ0) is 18.0. The van der Waals surface area contributed by atoms with Crippen LogP contribution >= 0.6 is 0 Å². The molecular weight excluding hydrogens is 312 g/mol. The first-order valence-corrected chi connectivity index (χ1v) is 10.0. The Morgan fingerprint density at radius 2 is 1.21 bits per heavy atom. The van der Waals surface area contributed by atoms with Crippen LogP contribution in [0.5, 0.6) is 0 Å². The third-order valence-electron chi connectivity index (χ3n) is 4.50. The first kappa shape index (κ1) is 18.9. The van der Waals surface area contributed by atoms with Gasteiger partial charge in [-0.05, 0) is 53.5 Å². The Morgan fingerprint density at radius 3 is 1.58 bits per heavy atom. The van der Waals surface area contributed by atoms with Crippen LogP contribution < -0.4 is 0 Å². The Bertz CT molecular complexity index is 695. The summed E-state index contributed by atoms with van der Waals surface area (Å²) in [7, 11) is -1.14. The largest absolute Gasteiger partial charge is 0.249 e. The van der Waals surface area contributed by atoms with Crippen LogP contribution in [0.25, 0.3) is 0 Å². The smallest absolute Gasteiger partial charge is 0.0855 e. The summed E-state index contributed by atoms with van der Waals surface area (Å²) in [5.41, 5.74) is 4.98. The molecule has 2 heteroatoms. The summed E-state index contributed by atoms with van der Waals surface area (Å²) < 4.78 is 13.4. The molecule has 0 saturated carbocycles. The number of hydrogen-bond donors (Lipinski definition) is 0. The Labute approximate surface area is 150 Å². The van der Waals surface area contributed by atoms with Crippen LogP contribution in [0.3, 0.4) is 0 Å². The van der Waals surface area contributed by atoms with E-state index in [1.165, 1.54) is 22.3 Å². The van der Waals surface area contributed by atoms with Gasteiger partial charge in [-0.3, -0.25) is 0 Å². The van der Waals surface area contributed by atoms with Crippen molar-refractivity contribution in [2.75, 3.05) is 0 Å². The summed E-state index contributed by atoms with van der Waals surface area (Å²) in [5, 5.41) is 0. The topological polar surface area (TPSA) is 17.1 Å². The number of benzene rings is 2. The van der Waals surface area contributed by atoms with Crippen molar-refractivity contribution >= 4 is 10.8 Å². The molecule has 0 bridgehead atoms. The third kappa shape index (κ3) is 3.97. The van der Waals surface area contributed by atoms with E-state index < -0.39 is 10.8 Å². The van der Waals surface area contributed by atoms with Crippen LogP contribution in [0.4, 0.5) is 0 Å². The van der Waals surface area contributed by atoms with E-state index in [2.05, 4.69) is 60.6 Å². The zero-order valence-corrected chi connectivity index (χ0v) is 16.8. The van der Waals surface area contributed by atoms with Gasteiger partial charge in [-0.25, -0.2) is 4.21 Å². The first-order valence-electron chi connectivity index (χ1n) is 8.88. The lowest BCUT2D eigenvalue weighted by Gasteiger charge is -2.22. The van der Waals surface area contributed by atoms with Gasteiger partial charge in [0.1, 0.15) is 0 Å². The van der Waals surface area contributed by atoms with Gasteiger partial charge >= 0.3 is 0 Å². The molecule has 0 heterocycles. The quantitative estimate of drug-likeness (QED) is 0.603. The molecule has 0 fully saturated rings. The maximum Gasteiger partial charge on any atom is 0.0855 e. The molecule has 24 heavy (non-hydrogen) atoms. The fourth-order valence-corrected chi connectivity index (χ4v) is 4.52. The summed E-state index contributed by atoms with van der Waals surface area (Å²) in [6.45, 7) is 15.3. The maximum absolute atomic E-state index is 13.4. The predicted molar refractivity (Wildman–Crippen MR) is 105 cm³/mol. The van der Waals surface area contributed by atoms with E-state index in [0.717, 1.165) is 9.79 Å². The second kappa shape index (κ2) is 7.65. The van der Waals surface area contributed by atoms with Gasteiger partial charge in [-0.1, -0.05) is 71.4 Å². The molecule has 0 unspecified atom stereocenters. The first-order chi connectivity index (χ1) is 11.2. The molecule has 130 valence electrons. The van der Waals surface area contributed by atoms with Gasteiger partial charge in [-0.15, -0.1) is 0 Å². The van der Waals surface area contributed by atoms with Crippen molar-refractivity contribution in [3.63, 3.8) is 0 Å². The van der Waals surface area contributed by atoms with E-state index in [1.807, 2.05) is 24.3 Å². The van der Waals surface area contributed by atoms with Crippen molar-refractivity contribution < 1.29 is 4.21 Å². The molecule has 1 atom stereocenters. The number of aryl methyl sites for hydroxylation is 1. The minimum atomic E-state index is -1.14. The van der Waals surface area contributed by atoms with Gasteiger partial charge in [-0.2, -0.15) is 0 Å². The second-order valence-corrected chi connectivity index (χ2v) is 8.99. The summed E-state index contributed by atoms with van der Waals surface area (Å²) in [4.78, 5) is 1.91. The van der Waals surface area contributed by atoms with Gasteiger partial charge in [0.05, 0.1) is 15.7 Å². The van der Waals surface area contributed by atoms with E-state index in [-0.39, 0.29) is 0 Å². The molecule has 2 aromatic rings. The highest BCUT2D eigenvalue weighted by Gasteiger charge is 2.22. The van der Waals surface area contributed by atoms with Crippen molar-refractivity contribution in [3.8, 4) is 0 Å². The van der Waals surface area contributed by atoms with E-state index >= 15 is 0 Å². The molecule has 2 aromatic carbocycles. The van der Waals surface area contributed by atoms with Gasteiger partial charge < -0.3 is 0 Å². The van der Waals surface area contributed by atoms with E-state index in [0.29, 0.717) is 17.8 Å². The lowest BCUT2D eigenvalue weighted by Crippen LogP contribution is -2.08. The van der Waals surface area contributed by atoms with E-state index in [1.54, 1.807) is 0 Å². The van der Waals surface area contributed by atoms with Gasteiger partial charge in [0.15, 0.2) is 0 Å². The van der Waals surface area contributed by atoms with Crippen LogP contribution in [0.2, 0.25) is 0 Å². The van der Waals surface area contributed by atoms with Gasteiger partial charge in [0.25, 0.3) is 0 Å². The Kier molecular flexibility index (Phi) is 6.03. The molecule has 0 aliphatic rings. The average molecular weight is 343 g/mol. The van der Waals surface area contributed by atoms with Crippen molar-refractivity contribution in [1.29, 1.82) is 0 Å². The maximum atomic E-state index is 13.4. The molecule has 0 amide bonds. The fourth-order valence-electron chi connectivity index (χ4n) is 2.88. The molecule has 0 saturated heterocycles. The van der Waals surface area contributed by atoms with Crippen molar-refractivity contribution in [2.45, 2.75) is 76.0 Å². The lowest BCUT2D eigenvalue weighted by molar-refractivity contribution is 0.676. The summed E-state index contributed by atoms with van der Waals surface area (Å²) in [6.07, 6.45) is 0. The minimum absolute atomic E-state index is 0.352. The summed E-state index contributed by atoms with van der Waals surface area (Å²) >= 11 is 0. The molecule has 0 radical (unpaired) electrons. The zero-order valence-electron chi connectivity index (χ0n) is 16.0. The molecular formula is C22H30OS. The lowest BCUT2D eigenvalue weighted by atomic mass is 9.89. The Balaban J connectivity index is 2.70. The number of rotatable bonds is 5. The molecule has 0 N–H and O–H groups in total. The predicted octanol–water partition coefficient (Wildman–Crippen LogP) is 6.53. The van der Waals surface area contributed by atoms with Crippen LogP contribution in [-0.2, 0) is 10.8 Å². The molecule has 2 rings (SSSR count). The summed E-state index contributed by atoms with van der Waals surface area (Å²) in [6, 6.07) is 12.6. The van der Waals surface area contributed by atoms with Gasteiger partial charge in [0.2, 0.25) is 0 Å². The minimum Gasteiger partial charge on any atom is -0.249 e.